The van der Waals surface area contributed by atoms with Crippen LogP contribution in [0.2, 0.25) is 0 Å². The van der Waals surface area contributed by atoms with E-state index in [0.29, 0.717) is 11.3 Å². The van der Waals surface area contributed by atoms with Crippen molar-refractivity contribution in [2.75, 3.05) is 7.11 Å². The highest BCUT2D eigenvalue weighted by Gasteiger charge is 1.99. The average molecular weight is 242 g/mol. The highest BCUT2D eigenvalue weighted by Crippen LogP contribution is 2.25. The molecule has 0 heterocycles. The molecule has 2 rings (SSSR count). The lowest BCUT2D eigenvalue weighted by Gasteiger charge is -2.03. The van der Waals surface area contributed by atoms with E-state index in [1.165, 1.54) is 0 Å². The quantitative estimate of drug-likeness (QED) is 0.812. The largest absolute Gasteiger partial charge is 0.508 e. The second-order valence-corrected chi connectivity index (χ2v) is 3.85. The molecule has 18 heavy (non-hydrogen) atoms. The summed E-state index contributed by atoms with van der Waals surface area (Å²) in [6.07, 6.45) is 3.67. The van der Waals surface area contributed by atoms with Gasteiger partial charge in [-0.1, -0.05) is 24.3 Å². The molecule has 0 atom stereocenters. The van der Waals surface area contributed by atoms with Crippen LogP contribution in [0.5, 0.6) is 17.2 Å². The van der Waals surface area contributed by atoms with E-state index in [-0.39, 0.29) is 11.5 Å². The molecule has 0 unspecified atom stereocenters. The topological polar surface area (TPSA) is 49.7 Å². The SMILES string of the molecule is COc1ccc(/C=C/c2ccc(O)cc2)c(O)c1. The zero-order valence-electron chi connectivity index (χ0n) is 10.00. The van der Waals surface area contributed by atoms with Gasteiger partial charge in [0.1, 0.15) is 17.2 Å². The molecule has 0 aliphatic heterocycles. The van der Waals surface area contributed by atoms with Crippen molar-refractivity contribution < 1.29 is 14.9 Å². The summed E-state index contributed by atoms with van der Waals surface area (Å²) < 4.78 is 5.01. The Morgan fingerprint density at radius 1 is 0.944 bits per heavy atom. The van der Waals surface area contributed by atoms with Crippen molar-refractivity contribution in [2.24, 2.45) is 0 Å². The van der Waals surface area contributed by atoms with Gasteiger partial charge in [-0.2, -0.15) is 0 Å². The molecule has 0 aliphatic carbocycles. The fourth-order valence-electron chi connectivity index (χ4n) is 1.56. The molecule has 0 amide bonds. The van der Waals surface area contributed by atoms with Crippen molar-refractivity contribution in [2.45, 2.75) is 0 Å². The van der Waals surface area contributed by atoms with Crippen molar-refractivity contribution >= 4 is 12.2 Å². The second kappa shape index (κ2) is 5.27. The fraction of sp³-hybridized carbons (Fsp3) is 0.0667. The zero-order valence-corrected chi connectivity index (χ0v) is 10.00. The van der Waals surface area contributed by atoms with E-state index >= 15 is 0 Å². The molecular weight excluding hydrogens is 228 g/mol. The van der Waals surface area contributed by atoms with Gasteiger partial charge in [0.05, 0.1) is 7.11 Å². The van der Waals surface area contributed by atoms with Gasteiger partial charge in [0.15, 0.2) is 0 Å². The smallest absolute Gasteiger partial charge is 0.126 e. The third-order valence-electron chi connectivity index (χ3n) is 2.59. The summed E-state index contributed by atoms with van der Waals surface area (Å²) in [7, 11) is 1.56. The molecule has 92 valence electrons. The summed E-state index contributed by atoms with van der Waals surface area (Å²) in [5.74, 6) is 1.03. The molecule has 2 aromatic carbocycles. The molecule has 3 heteroatoms. The third kappa shape index (κ3) is 2.83. The van der Waals surface area contributed by atoms with E-state index in [1.807, 2.05) is 6.08 Å². The van der Waals surface area contributed by atoms with Gasteiger partial charge in [0.25, 0.3) is 0 Å². The van der Waals surface area contributed by atoms with Crippen LogP contribution in [0, 0.1) is 0 Å². The van der Waals surface area contributed by atoms with Crippen molar-refractivity contribution in [3.05, 3.63) is 53.6 Å². The van der Waals surface area contributed by atoms with Gasteiger partial charge in [0, 0.05) is 11.6 Å². The fourth-order valence-corrected chi connectivity index (χ4v) is 1.56. The number of rotatable bonds is 3. The summed E-state index contributed by atoms with van der Waals surface area (Å²) in [4.78, 5) is 0. The zero-order chi connectivity index (χ0) is 13.0. The van der Waals surface area contributed by atoms with Gasteiger partial charge in [-0.05, 0) is 29.8 Å². The standard InChI is InChI=1S/C15H14O3/c1-18-14-9-6-12(15(17)10-14)5-2-11-3-7-13(16)8-4-11/h2-10,16-17H,1H3/b5-2+. The third-order valence-corrected chi connectivity index (χ3v) is 2.59. The van der Waals surface area contributed by atoms with Crippen LogP contribution in [0.3, 0.4) is 0 Å². The number of phenolic OH excluding ortho intramolecular Hbond substituents is 2. The van der Waals surface area contributed by atoms with E-state index in [1.54, 1.807) is 55.7 Å². The van der Waals surface area contributed by atoms with E-state index in [0.717, 1.165) is 5.56 Å². The first-order valence-corrected chi connectivity index (χ1v) is 5.53. The summed E-state index contributed by atoms with van der Waals surface area (Å²) in [5.41, 5.74) is 1.66. The maximum Gasteiger partial charge on any atom is 0.126 e. The Kier molecular flexibility index (Phi) is 3.53. The van der Waals surface area contributed by atoms with Crippen molar-refractivity contribution in [3.63, 3.8) is 0 Å². The molecule has 0 fully saturated rings. The summed E-state index contributed by atoms with van der Waals surface area (Å²) in [6.45, 7) is 0. The second-order valence-electron chi connectivity index (χ2n) is 3.85. The van der Waals surface area contributed by atoms with Crippen molar-refractivity contribution in [3.8, 4) is 17.2 Å². The van der Waals surface area contributed by atoms with Gasteiger partial charge in [-0.15, -0.1) is 0 Å². The van der Waals surface area contributed by atoms with Crippen LogP contribution in [0.1, 0.15) is 11.1 Å². The molecule has 0 radical (unpaired) electrons. The van der Waals surface area contributed by atoms with Crippen LogP contribution >= 0.6 is 0 Å². The predicted octanol–water partition coefficient (Wildman–Crippen LogP) is 3.28. The predicted molar refractivity (Wildman–Crippen MR) is 71.7 cm³/mol. The molecule has 3 nitrogen and oxygen atoms in total. The Bertz CT molecular complexity index is 556. The number of hydrogen-bond donors (Lipinski definition) is 2. The van der Waals surface area contributed by atoms with Gasteiger partial charge >= 0.3 is 0 Å². The number of ether oxygens (including phenoxy) is 1. The maximum absolute atomic E-state index is 9.77. The molecular formula is C15H14O3. The molecule has 0 saturated heterocycles. The molecule has 0 aromatic heterocycles. The Morgan fingerprint density at radius 3 is 2.28 bits per heavy atom. The lowest BCUT2D eigenvalue weighted by Crippen LogP contribution is -1.83. The van der Waals surface area contributed by atoms with Crippen LogP contribution in [-0.4, -0.2) is 17.3 Å². The van der Waals surface area contributed by atoms with Gasteiger partial charge < -0.3 is 14.9 Å². The summed E-state index contributed by atoms with van der Waals surface area (Å²) in [5, 5.41) is 18.9. The maximum atomic E-state index is 9.77. The minimum absolute atomic E-state index is 0.171. The Balaban J connectivity index is 2.20. The molecule has 0 aliphatic rings. The van der Waals surface area contributed by atoms with E-state index < -0.39 is 0 Å². The highest BCUT2D eigenvalue weighted by molar-refractivity contribution is 5.73. The summed E-state index contributed by atoms with van der Waals surface area (Å²) in [6, 6.07) is 12.0. The Morgan fingerprint density at radius 2 is 1.67 bits per heavy atom. The van der Waals surface area contributed by atoms with Gasteiger partial charge in [-0.25, -0.2) is 0 Å². The van der Waals surface area contributed by atoms with Crippen molar-refractivity contribution in [1.29, 1.82) is 0 Å². The number of benzene rings is 2. The van der Waals surface area contributed by atoms with Crippen LogP contribution in [-0.2, 0) is 0 Å². The van der Waals surface area contributed by atoms with Crippen LogP contribution < -0.4 is 4.74 Å². The van der Waals surface area contributed by atoms with Crippen LogP contribution in [0.15, 0.2) is 42.5 Å². The number of hydrogen-bond acceptors (Lipinski definition) is 3. The van der Waals surface area contributed by atoms with E-state index in [2.05, 4.69) is 0 Å². The molecule has 0 bridgehead atoms. The number of aromatic hydroxyl groups is 2. The lowest BCUT2D eigenvalue weighted by molar-refractivity contribution is 0.407. The number of methoxy groups -OCH3 is 1. The Hall–Kier alpha value is -2.42. The first-order valence-electron chi connectivity index (χ1n) is 5.53. The normalized spacial score (nSPS) is 10.7. The number of phenols is 2. The molecule has 0 saturated carbocycles. The van der Waals surface area contributed by atoms with Gasteiger partial charge in [0.2, 0.25) is 0 Å². The van der Waals surface area contributed by atoms with Crippen LogP contribution in [0.25, 0.3) is 12.2 Å². The first kappa shape index (κ1) is 12.0. The first-order chi connectivity index (χ1) is 8.69. The summed E-state index contributed by atoms with van der Waals surface area (Å²) >= 11 is 0. The monoisotopic (exact) mass is 242 g/mol. The molecule has 0 spiro atoms. The average Bonchev–Trinajstić information content (AvgIpc) is 2.39. The minimum Gasteiger partial charge on any atom is -0.508 e. The lowest BCUT2D eigenvalue weighted by atomic mass is 10.1. The molecule has 2 N–H and O–H groups in total. The van der Waals surface area contributed by atoms with Crippen LogP contribution in [0.4, 0.5) is 0 Å². The Labute approximate surface area is 106 Å². The van der Waals surface area contributed by atoms with E-state index in [9.17, 15) is 5.11 Å². The van der Waals surface area contributed by atoms with Gasteiger partial charge in [-0.3, -0.25) is 0 Å². The minimum atomic E-state index is 0.171. The highest BCUT2D eigenvalue weighted by atomic mass is 16.5. The van der Waals surface area contributed by atoms with E-state index in [4.69, 9.17) is 9.84 Å². The molecule has 2 aromatic rings. The van der Waals surface area contributed by atoms with Crippen molar-refractivity contribution in [1.82, 2.24) is 0 Å².